The largest absolute Gasteiger partial charge is 0.495 e. The minimum Gasteiger partial charge on any atom is -0.495 e. The fraction of sp³-hybridized carbons (Fsp3) is 0.286. The van der Waals surface area contributed by atoms with E-state index >= 15 is 0 Å². The lowest BCUT2D eigenvalue weighted by Gasteiger charge is -2.21. The standard InChI is InChI=1S/C35H35N5O7/c1-21-16-29(37-47-21)33(42)39-19-26(27(20-39)34(43)44)23-9-11-25(12-10-23)38(2)32(41)18-22-8-13-28(31(17-22)46-3)36-35(45)40-15-14-24-6-4-5-7-30(24)40/h4-13,16-17,26-27H,14-15,18-20H2,1-3H3,(H,36,45)(H,43,44). The molecule has 12 heteroatoms. The Bertz CT molecular complexity index is 1840. The first-order chi connectivity index (χ1) is 22.6. The minimum absolute atomic E-state index is 0.0586. The molecule has 1 saturated heterocycles. The van der Waals surface area contributed by atoms with E-state index in [1.165, 1.54) is 23.0 Å². The zero-order valence-corrected chi connectivity index (χ0v) is 26.3. The molecule has 0 spiro atoms. The molecule has 242 valence electrons. The second-order valence-electron chi connectivity index (χ2n) is 11.8. The molecule has 4 amide bonds. The van der Waals surface area contributed by atoms with Gasteiger partial charge in [-0.15, -0.1) is 0 Å². The zero-order valence-electron chi connectivity index (χ0n) is 26.3. The van der Waals surface area contributed by atoms with Gasteiger partial charge in [0.15, 0.2) is 5.69 Å². The fourth-order valence-electron chi connectivity index (χ4n) is 6.25. The van der Waals surface area contributed by atoms with E-state index in [1.807, 2.05) is 24.3 Å². The number of benzene rings is 3. The number of aromatic nitrogens is 1. The number of para-hydroxylation sites is 1. The van der Waals surface area contributed by atoms with Crippen LogP contribution in [0.15, 0.2) is 77.3 Å². The van der Waals surface area contributed by atoms with Gasteiger partial charge in [0.25, 0.3) is 5.91 Å². The Kier molecular flexibility index (Phi) is 8.66. The third-order valence-electron chi connectivity index (χ3n) is 8.85. The van der Waals surface area contributed by atoms with Crippen molar-refractivity contribution in [1.82, 2.24) is 10.1 Å². The fourth-order valence-corrected chi connectivity index (χ4v) is 6.25. The van der Waals surface area contributed by atoms with E-state index in [2.05, 4.69) is 10.5 Å². The van der Waals surface area contributed by atoms with Crippen molar-refractivity contribution in [2.75, 3.05) is 48.9 Å². The number of likely N-dealkylation sites (N-methyl/N-ethyl adjacent to an activating group) is 1. The van der Waals surface area contributed by atoms with Gasteiger partial charge in [-0.1, -0.05) is 41.6 Å². The normalized spacial score (nSPS) is 16.9. The van der Waals surface area contributed by atoms with Gasteiger partial charge in [0, 0.05) is 50.0 Å². The van der Waals surface area contributed by atoms with Gasteiger partial charge < -0.3 is 29.5 Å². The van der Waals surface area contributed by atoms with Crippen molar-refractivity contribution in [3.05, 3.63) is 101 Å². The van der Waals surface area contributed by atoms with Gasteiger partial charge in [0.2, 0.25) is 5.91 Å². The maximum atomic E-state index is 13.3. The van der Waals surface area contributed by atoms with Crippen molar-refractivity contribution < 1.29 is 33.5 Å². The van der Waals surface area contributed by atoms with Crippen LogP contribution in [0, 0.1) is 12.8 Å². The summed E-state index contributed by atoms with van der Waals surface area (Å²) in [5, 5.41) is 16.6. The summed E-state index contributed by atoms with van der Waals surface area (Å²) in [5.74, 6) is -1.80. The van der Waals surface area contributed by atoms with Crippen LogP contribution in [-0.4, -0.2) is 72.8 Å². The summed E-state index contributed by atoms with van der Waals surface area (Å²) in [4.78, 5) is 56.1. The summed E-state index contributed by atoms with van der Waals surface area (Å²) >= 11 is 0. The number of anilines is 3. The van der Waals surface area contributed by atoms with Crippen LogP contribution in [-0.2, 0) is 22.4 Å². The van der Waals surface area contributed by atoms with Crippen molar-refractivity contribution in [2.24, 2.45) is 5.92 Å². The van der Waals surface area contributed by atoms with Gasteiger partial charge in [0.1, 0.15) is 11.5 Å². The van der Waals surface area contributed by atoms with Crippen LogP contribution < -0.4 is 19.9 Å². The number of hydrogen-bond donors (Lipinski definition) is 2. The highest BCUT2D eigenvalue weighted by molar-refractivity contribution is 6.04. The lowest BCUT2D eigenvalue weighted by molar-refractivity contribution is -0.141. The lowest BCUT2D eigenvalue weighted by Crippen LogP contribution is -2.33. The molecule has 47 heavy (non-hydrogen) atoms. The second-order valence-corrected chi connectivity index (χ2v) is 11.8. The molecule has 4 aromatic rings. The molecule has 1 fully saturated rings. The molecule has 6 rings (SSSR count). The Morgan fingerprint density at radius 1 is 1.04 bits per heavy atom. The predicted octanol–water partition coefficient (Wildman–Crippen LogP) is 4.73. The van der Waals surface area contributed by atoms with Gasteiger partial charge in [-0.3, -0.25) is 19.3 Å². The van der Waals surface area contributed by atoms with Crippen LogP contribution in [0.2, 0.25) is 0 Å². The van der Waals surface area contributed by atoms with E-state index in [1.54, 1.807) is 61.3 Å². The lowest BCUT2D eigenvalue weighted by atomic mass is 9.89. The van der Waals surface area contributed by atoms with Crippen LogP contribution in [0.1, 0.15) is 38.9 Å². The first-order valence-electron chi connectivity index (χ1n) is 15.3. The molecule has 0 aliphatic carbocycles. The van der Waals surface area contributed by atoms with Crippen LogP contribution in [0.5, 0.6) is 5.75 Å². The molecular weight excluding hydrogens is 602 g/mol. The van der Waals surface area contributed by atoms with Gasteiger partial charge in [0.05, 0.1) is 25.1 Å². The van der Waals surface area contributed by atoms with E-state index in [0.29, 0.717) is 35.0 Å². The number of aryl methyl sites for hydroxylation is 1. The highest BCUT2D eigenvalue weighted by Gasteiger charge is 2.41. The number of nitrogens with one attached hydrogen (secondary N) is 1. The number of hydrogen-bond acceptors (Lipinski definition) is 7. The summed E-state index contributed by atoms with van der Waals surface area (Å²) < 4.78 is 10.6. The zero-order chi connectivity index (χ0) is 33.2. The Labute approximate surface area is 271 Å². The number of amides is 4. The average molecular weight is 638 g/mol. The van der Waals surface area contributed by atoms with Gasteiger partial charge in [-0.25, -0.2) is 4.79 Å². The first-order valence-corrected chi connectivity index (χ1v) is 15.3. The van der Waals surface area contributed by atoms with E-state index in [0.717, 1.165) is 23.2 Å². The van der Waals surface area contributed by atoms with Crippen molar-refractivity contribution in [3.63, 3.8) is 0 Å². The van der Waals surface area contributed by atoms with Crippen molar-refractivity contribution in [2.45, 2.75) is 25.7 Å². The van der Waals surface area contributed by atoms with Crippen LogP contribution in [0.3, 0.4) is 0 Å². The predicted molar refractivity (Wildman–Crippen MR) is 174 cm³/mol. The highest BCUT2D eigenvalue weighted by Crippen LogP contribution is 2.35. The topological polar surface area (TPSA) is 146 Å². The molecule has 2 atom stereocenters. The molecule has 2 unspecified atom stereocenters. The number of nitrogens with zero attached hydrogens (tertiary/aromatic N) is 4. The molecule has 1 aromatic heterocycles. The first kappa shape index (κ1) is 31.3. The number of carbonyl (C=O) groups is 4. The molecule has 3 aromatic carbocycles. The monoisotopic (exact) mass is 637 g/mol. The van der Waals surface area contributed by atoms with E-state index < -0.39 is 17.8 Å². The maximum absolute atomic E-state index is 13.3. The molecule has 0 saturated carbocycles. The number of carboxylic acid groups (broad SMARTS) is 1. The highest BCUT2D eigenvalue weighted by atomic mass is 16.5. The SMILES string of the molecule is COc1cc(CC(=O)N(C)c2ccc(C3CN(C(=O)c4cc(C)on4)CC3C(=O)O)cc2)ccc1NC(=O)N1CCc2ccccc21. The number of urea groups is 1. The summed E-state index contributed by atoms with van der Waals surface area (Å²) in [6, 6.07) is 21.5. The molecule has 3 heterocycles. The van der Waals surface area contributed by atoms with Gasteiger partial charge >= 0.3 is 12.0 Å². The van der Waals surface area contributed by atoms with E-state index in [4.69, 9.17) is 9.26 Å². The third kappa shape index (κ3) is 6.39. The van der Waals surface area contributed by atoms with Crippen molar-refractivity contribution in [1.29, 1.82) is 0 Å². The Morgan fingerprint density at radius 3 is 2.51 bits per heavy atom. The molecule has 2 aliphatic heterocycles. The number of likely N-dealkylation sites (tertiary alicyclic amines) is 1. The quantitative estimate of drug-likeness (QED) is 0.282. The Hall–Kier alpha value is -5.65. The summed E-state index contributed by atoms with van der Waals surface area (Å²) in [6.07, 6.45) is 0.885. The van der Waals surface area contributed by atoms with Crippen molar-refractivity contribution >= 4 is 40.9 Å². The Balaban J connectivity index is 1.09. The molecule has 0 bridgehead atoms. The number of ether oxygens (including phenoxy) is 1. The van der Waals surface area contributed by atoms with Gasteiger partial charge in [-0.05, 0) is 60.4 Å². The van der Waals surface area contributed by atoms with Crippen LogP contribution >= 0.6 is 0 Å². The maximum Gasteiger partial charge on any atom is 0.326 e. The number of fused-ring (bicyclic) bond motifs is 1. The number of methoxy groups -OCH3 is 1. The summed E-state index contributed by atoms with van der Waals surface area (Å²) in [6.45, 7) is 2.56. The Morgan fingerprint density at radius 2 is 1.81 bits per heavy atom. The van der Waals surface area contributed by atoms with Crippen LogP contribution in [0.25, 0.3) is 0 Å². The summed E-state index contributed by atoms with van der Waals surface area (Å²) in [5.41, 5.74) is 4.77. The minimum atomic E-state index is -0.986. The third-order valence-corrected chi connectivity index (χ3v) is 8.85. The summed E-state index contributed by atoms with van der Waals surface area (Å²) in [7, 11) is 3.19. The number of rotatable bonds is 8. The van der Waals surface area contributed by atoms with Crippen LogP contribution in [0.4, 0.5) is 21.9 Å². The van der Waals surface area contributed by atoms with Gasteiger partial charge in [-0.2, -0.15) is 0 Å². The van der Waals surface area contributed by atoms with Crippen molar-refractivity contribution in [3.8, 4) is 5.75 Å². The molecule has 12 nitrogen and oxygen atoms in total. The van der Waals surface area contributed by atoms with E-state index in [9.17, 15) is 24.3 Å². The van der Waals surface area contributed by atoms with E-state index in [-0.39, 0.29) is 43.0 Å². The average Bonchev–Trinajstić information content (AvgIpc) is 3.83. The number of carboxylic acids is 1. The molecule has 2 aliphatic rings. The number of carbonyl (C=O) groups excluding carboxylic acids is 3. The molecule has 0 radical (unpaired) electrons. The molecular formula is C35H35N5O7. The smallest absolute Gasteiger partial charge is 0.326 e. The molecule has 2 N–H and O–H groups in total. The second kappa shape index (κ2) is 13.0. The number of aliphatic carboxylic acids is 1.